The summed E-state index contributed by atoms with van der Waals surface area (Å²) in [6.07, 6.45) is -0.682. The van der Waals surface area contributed by atoms with E-state index in [1.54, 1.807) is 31.2 Å². The highest BCUT2D eigenvalue weighted by Crippen LogP contribution is 2.39. The van der Waals surface area contributed by atoms with Crippen molar-refractivity contribution in [1.82, 2.24) is 4.72 Å². The summed E-state index contributed by atoms with van der Waals surface area (Å²) < 4.78 is 29.7. The van der Waals surface area contributed by atoms with Gasteiger partial charge in [0, 0.05) is 0 Å². The molecule has 5 nitrogen and oxygen atoms in total. The number of aryl methyl sites for hydroxylation is 1. The van der Waals surface area contributed by atoms with Crippen molar-refractivity contribution in [2.45, 2.75) is 42.8 Å². The van der Waals surface area contributed by atoms with Crippen molar-refractivity contribution in [2.24, 2.45) is 5.73 Å². The van der Waals surface area contributed by atoms with Gasteiger partial charge in [0.1, 0.15) is 0 Å². The van der Waals surface area contributed by atoms with Gasteiger partial charge in [-0.25, -0.2) is 8.42 Å². The Morgan fingerprint density at radius 3 is 2.00 bits per heavy atom. The average Bonchev–Trinajstić information content (AvgIpc) is 2.73. The number of sulfonamides is 1. The van der Waals surface area contributed by atoms with Crippen LogP contribution in [0.15, 0.2) is 89.8 Å². The summed E-state index contributed by atoms with van der Waals surface area (Å²) in [4.78, 5) is 0.152. The van der Waals surface area contributed by atoms with Crippen molar-refractivity contribution in [1.29, 1.82) is 0 Å². The number of nitrogens with two attached hydrogens (primary N) is 1. The van der Waals surface area contributed by atoms with Crippen LogP contribution in [0.4, 0.5) is 0 Å². The van der Waals surface area contributed by atoms with Gasteiger partial charge in [0.15, 0.2) is 0 Å². The Labute approximate surface area is 178 Å². The molecule has 0 fully saturated rings. The lowest BCUT2D eigenvalue weighted by Crippen LogP contribution is -2.54. The van der Waals surface area contributed by atoms with E-state index in [1.165, 1.54) is 0 Å². The van der Waals surface area contributed by atoms with Crippen molar-refractivity contribution in [3.8, 4) is 0 Å². The van der Waals surface area contributed by atoms with Gasteiger partial charge < -0.3 is 10.8 Å². The number of hydrogen-bond acceptors (Lipinski definition) is 4. The summed E-state index contributed by atoms with van der Waals surface area (Å²) in [6, 6.07) is 24.5. The predicted octanol–water partition coefficient (Wildman–Crippen LogP) is 3.64. The zero-order chi connectivity index (χ0) is 21.8. The van der Waals surface area contributed by atoms with Crippen LogP contribution < -0.4 is 10.5 Å². The van der Waals surface area contributed by atoms with Gasteiger partial charge in [-0.05, 0) is 43.5 Å². The molecule has 0 saturated carbocycles. The minimum atomic E-state index is -3.92. The predicted molar refractivity (Wildman–Crippen MR) is 119 cm³/mol. The molecule has 4 N–H and O–H groups in total. The molecule has 3 rings (SSSR count). The Kier molecular flexibility index (Phi) is 6.73. The first-order valence-electron chi connectivity index (χ1n) is 9.89. The number of rotatable bonds is 8. The van der Waals surface area contributed by atoms with E-state index in [-0.39, 0.29) is 11.3 Å². The lowest BCUT2D eigenvalue weighted by atomic mass is 9.77. The molecule has 1 unspecified atom stereocenters. The molecule has 0 aliphatic heterocycles. The summed E-state index contributed by atoms with van der Waals surface area (Å²) in [5.41, 5.74) is 7.91. The Morgan fingerprint density at radius 1 is 0.933 bits per heavy atom. The summed E-state index contributed by atoms with van der Waals surface area (Å²) in [5.74, 6) is 0. The van der Waals surface area contributed by atoms with Gasteiger partial charge >= 0.3 is 0 Å². The van der Waals surface area contributed by atoms with E-state index in [2.05, 4.69) is 4.72 Å². The maximum absolute atomic E-state index is 13.4. The Bertz CT molecular complexity index is 1050. The van der Waals surface area contributed by atoms with Crippen LogP contribution in [0, 0.1) is 6.92 Å². The van der Waals surface area contributed by atoms with Crippen LogP contribution in [0.25, 0.3) is 0 Å². The molecule has 0 bridgehead atoms. The van der Waals surface area contributed by atoms with E-state index in [4.69, 9.17) is 5.73 Å². The minimum absolute atomic E-state index is 0.109. The second-order valence-electron chi connectivity index (χ2n) is 7.70. The summed E-state index contributed by atoms with van der Waals surface area (Å²) in [6.45, 7) is 3.53. The fraction of sp³-hybridized carbons (Fsp3) is 0.250. The Morgan fingerprint density at radius 2 is 1.47 bits per heavy atom. The molecule has 0 radical (unpaired) electrons. The van der Waals surface area contributed by atoms with Crippen LogP contribution in [0.1, 0.15) is 36.1 Å². The monoisotopic (exact) mass is 424 g/mol. The second kappa shape index (κ2) is 9.10. The third-order valence-electron chi connectivity index (χ3n) is 5.24. The molecule has 6 heteroatoms. The topological polar surface area (TPSA) is 92.4 Å². The lowest BCUT2D eigenvalue weighted by molar-refractivity contribution is 0.128. The van der Waals surface area contributed by atoms with Crippen molar-refractivity contribution in [2.75, 3.05) is 0 Å². The first-order chi connectivity index (χ1) is 14.2. The van der Waals surface area contributed by atoms with E-state index >= 15 is 0 Å². The van der Waals surface area contributed by atoms with Crippen LogP contribution in [0.2, 0.25) is 0 Å². The van der Waals surface area contributed by atoms with Gasteiger partial charge in [-0.3, -0.25) is 0 Å². The van der Waals surface area contributed by atoms with Crippen LogP contribution in [-0.2, 0) is 15.6 Å². The molecule has 3 atom stereocenters. The highest BCUT2D eigenvalue weighted by molar-refractivity contribution is 7.89. The van der Waals surface area contributed by atoms with Gasteiger partial charge in [0.25, 0.3) is 0 Å². The zero-order valence-electron chi connectivity index (χ0n) is 17.2. The fourth-order valence-corrected chi connectivity index (χ4v) is 5.17. The molecule has 0 aliphatic carbocycles. The highest BCUT2D eigenvalue weighted by atomic mass is 32.2. The summed E-state index contributed by atoms with van der Waals surface area (Å²) in [7, 11) is -3.92. The largest absolute Gasteiger partial charge is 0.393 e. The van der Waals surface area contributed by atoms with Gasteiger partial charge in [0.05, 0.1) is 22.6 Å². The van der Waals surface area contributed by atoms with Crippen molar-refractivity contribution in [3.63, 3.8) is 0 Å². The van der Waals surface area contributed by atoms with E-state index in [9.17, 15) is 13.5 Å². The molecule has 0 heterocycles. The van der Waals surface area contributed by atoms with Crippen molar-refractivity contribution in [3.05, 3.63) is 102 Å². The first-order valence-corrected chi connectivity index (χ1v) is 11.4. The van der Waals surface area contributed by atoms with E-state index in [0.29, 0.717) is 5.56 Å². The van der Waals surface area contributed by atoms with E-state index in [1.807, 2.05) is 67.6 Å². The van der Waals surface area contributed by atoms with Crippen LogP contribution in [0.3, 0.4) is 0 Å². The normalized spacial score (nSPS) is 15.9. The third kappa shape index (κ3) is 4.79. The molecular formula is C24H28N2O3S. The standard InChI is InChI=1S/C24H28N2O3S/c1-18-13-15-22(16-14-18)30(28,29)26-24(17-19(2)27,21-11-7-4-8-12-21)23(25)20-9-5-3-6-10-20/h3-16,19,23,26-27H,17,25H2,1-2H3/t19?,23-,24-/m0/s1. The van der Waals surface area contributed by atoms with Crippen LogP contribution in [-0.4, -0.2) is 19.6 Å². The second-order valence-corrected chi connectivity index (χ2v) is 9.38. The van der Waals surface area contributed by atoms with Gasteiger partial charge in [-0.2, -0.15) is 4.72 Å². The van der Waals surface area contributed by atoms with Gasteiger partial charge in [0.2, 0.25) is 10.0 Å². The molecule has 0 aromatic heterocycles. The maximum Gasteiger partial charge on any atom is 0.241 e. The van der Waals surface area contributed by atoms with Gasteiger partial charge in [-0.1, -0.05) is 78.4 Å². The molecule has 3 aromatic rings. The number of hydrogen-bond donors (Lipinski definition) is 3. The fourth-order valence-electron chi connectivity index (χ4n) is 3.75. The molecule has 3 aromatic carbocycles. The number of aliphatic hydroxyl groups is 1. The SMILES string of the molecule is Cc1ccc(S(=O)(=O)N[C@@](CC(C)O)(c2ccccc2)[C@@H](N)c2ccccc2)cc1. The summed E-state index contributed by atoms with van der Waals surface area (Å²) in [5, 5.41) is 10.4. The Balaban J connectivity index is 2.18. The maximum atomic E-state index is 13.4. The smallest absolute Gasteiger partial charge is 0.241 e. The minimum Gasteiger partial charge on any atom is -0.393 e. The lowest BCUT2D eigenvalue weighted by Gasteiger charge is -2.41. The molecule has 0 aliphatic rings. The number of nitrogens with one attached hydrogen (secondary N) is 1. The Hall–Kier alpha value is -2.51. The third-order valence-corrected chi connectivity index (χ3v) is 6.77. The van der Waals surface area contributed by atoms with E-state index in [0.717, 1.165) is 11.1 Å². The van der Waals surface area contributed by atoms with Crippen LogP contribution in [0.5, 0.6) is 0 Å². The van der Waals surface area contributed by atoms with E-state index < -0.39 is 27.7 Å². The number of aliphatic hydroxyl groups excluding tert-OH is 1. The molecule has 0 spiro atoms. The average molecular weight is 425 g/mol. The zero-order valence-corrected chi connectivity index (χ0v) is 18.0. The molecule has 0 amide bonds. The molecular weight excluding hydrogens is 396 g/mol. The van der Waals surface area contributed by atoms with Crippen molar-refractivity contribution < 1.29 is 13.5 Å². The quantitative estimate of drug-likeness (QED) is 0.515. The first kappa shape index (κ1) is 22.2. The summed E-state index contributed by atoms with van der Waals surface area (Å²) >= 11 is 0. The molecule has 30 heavy (non-hydrogen) atoms. The van der Waals surface area contributed by atoms with Crippen LogP contribution >= 0.6 is 0 Å². The van der Waals surface area contributed by atoms with Crippen molar-refractivity contribution >= 4 is 10.0 Å². The highest BCUT2D eigenvalue weighted by Gasteiger charge is 2.44. The molecule has 0 saturated heterocycles. The number of benzene rings is 3. The molecule has 158 valence electrons. The van der Waals surface area contributed by atoms with Gasteiger partial charge in [-0.15, -0.1) is 0 Å².